The molecule has 1 N–H and O–H groups in total. The summed E-state index contributed by atoms with van der Waals surface area (Å²) >= 11 is 0. The number of ether oxygens (including phenoxy) is 3. The first-order valence-corrected chi connectivity index (χ1v) is 13.3. The standard InChI is InChI=1S/C31H27F3N4O5/c1-20-26(16-25(18-35-20)37-28(39)22-8-5-9-24(14-22)31(32,33)34)23-15-27(38-10-12-41-13-11-38)29(36-17-23)43-30(40)42-19-21-6-3-2-4-7-21/h2-9,14-18H,10-13,19H2,1H3,(H,37,39). The van der Waals surface area contributed by atoms with Gasteiger partial charge < -0.3 is 24.4 Å². The lowest BCUT2D eigenvalue weighted by molar-refractivity contribution is -0.137. The average Bonchev–Trinajstić information content (AvgIpc) is 3.02. The third-order valence-electron chi connectivity index (χ3n) is 6.67. The van der Waals surface area contributed by atoms with Crippen LogP contribution in [0.3, 0.4) is 0 Å². The van der Waals surface area contributed by atoms with Gasteiger partial charge >= 0.3 is 12.3 Å². The van der Waals surface area contributed by atoms with Crippen molar-refractivity contribution >= 4 is 23.4 Å². The van der Waals surface area contributed by atoms with E-state index in [0.29, 0.717) is 48.8 Å². The van der Waals surface area contributed by atoms with Gasteiger partial charge in [-0.2, -0.15) is 13.2 Å². The molecule has 0 atom stereocenters. The Hall–Kier alpha value is -4.97. The summed E-state index contributed by atoms with van der Waals surface area (Å²) in [6, 6.07) is 16.8. The van der Waals surface area contributed by atoms with Crippen LogP contribution in [0.1, 0.15) is 27.2 Å². The number of aryl methyl sites for hydroxylation is 1. The molecule has 4 aromatic rings. The monoisotopic (exact) mass is 592 g/mol. The van der Waals surface area contributed by atoms with E-state index in [1.165, 1.54) is 24.5 Å². The third-order valence-corrected chi connectivity index (χ3v) is 6.67. The lowest BCUT2D eigenvalue weighted by Gasteiger charge is -2.29. The molecule has 0 aliphatic carbocycles. The molecule has 3 heterocycles. The highest BCUT2D eigenvalue weighted by Crippen LogP contribution is 2.34. The highest BCUT2D eigenvalue weighted by Gasteiger charge is 2.31. The number of amides is 1. The Morgan fingerprint density at radius 3 is 2.49 bits per heavy atom. The van der Waals surface area contributed by atoms with Crippen LogP contribution in [-0.2, 0) is 22.3 Å². The number of hydrogen-bond acceptors (Lipinski definition) is 8. The number of aromatic nitrogens is 2. The molecule has 0 unspecified atom stereocenters. The Labute approximate surface area is 245 Å². The minimum atomic E-state index is -4.57. The maximum atomic E-state index is 13.1. The maximum Gasteiger partial charge on any atom is 0.515 e. The molecule has 1 fully saturated rings. The van der Waals surface area contributed by atoms with Crippen molar-refractivity contribution in [1.29, 1.82) is 0 Å². The Kier molecular flexibility index (Phi) is 8.86. The first kappa shape index (κ1) is 29.5. The smallest absolute Gasteiger partial charge is 0.429 e. The van der Waals surface area contributed by atoms with Gasteiger partial charge in [0.05, 0.1) is 30.7 Å². The summed E-state index contributed by atoms with van der Waals surface area (Å²) in [4.78, 5) is 36.1. The van der Waals surface area contributed by atoms with Crippen LogP contribution in [0.4, 0.5) is 29.3 Å². The number of anilines is 2. The molecule has 9 nitrogen and oxygen atoms in total. The molecule has 0 bridgehead atoms. The van der Waals surface area contributed by atoms with E-state index in [-0.39, 0.29) is 23.7 Å². The molecule has 0 saturated carbocycles. The van der Waals surface area contributed by atoms with Crippen molar-refractivity contribution in [1.82, 2.24) is 9.97 Å². The molecule has 2 aromatic heterocycles. The summed E-state index contributed by atoms with van der Waals surface area (Å²) in [5, 5.41) is 2.62. The second-order valence-corrected chi connectivity index (χ2v) is 9.66. The quantitative estimate of drug-likeness (QED) is 0.251. The van der Waals surface area contributed by atoms with Gasteiger partial charge in [-0.1, -0.05) is 36.4 Å². The van der Waals surface area contributed by atoms with Crippen molar-refractivity contribution in [2.45, 2.75) is 19.7 Å². The van der Waals surface area contributed by atoms with Crippen LogP contribution in [0.25, 0.3) is 11.1 Å². The summed E-state index contributed by atoms with van der Waals surface area (Å²) in [5.74, 6) is -0.657. The first-order chi connectivity index (χ1) is 20.7. The summed E-state index contributed by atoms with van der Waals surface area (Å²) in [6.07, 6.45) is -2.56. The van der Waals surface area contributed by atoms with Gasteiger partial charge in [0.2, 0.25) is 5.88 Å². The number of hydrogen-bond donors (Lipinski definition) is 1. The van der Waals surface area contributed by atoms with Gasteiger partial charge in [-0.3, -0.25) is 9.78 Å². The van der Waals surface area contributed by atoms with E-state index in [1.807, 2.05) is 35.2 Å². The normalized spacial score (nSPS) is 13.3. The van der Waals surface area contributed by atoms with Crippen molar-refractivity contribution in [3.63, 3.8) is 0 Å². The number of pyridine rings is 2. The van der Waals surface area contributed by atoms with Gasteiger partial charge in [-0.25, -0.2) is 9.78 Å². The summed E-state index contributed by atoms with van der Waals surface area (Å²) in [6.45, 7) is 3.82. The number of carbonyl (C=O) groups excluding carboxylic acids is 2. The van der Waals surface area contributed by atoms with E-state index in [0.717, 1.165) is 17.7 Å². The van der Waals surface area contributed by atoms with Crippen molar-refractivity contribution in [2.24, 2.45) is 0 Å². The fourth-order valence-electron chi connectivity index (χ4n) is 4.46. The highest BCUT2D eigenvalue weighted by atomic mass is 19.4. The van der Waals surface area contributed by atoms with E-state index in [2.05, 4.69) is 15.3 Å². The van der Waals surface area contributed by atoms with Crippen LogP contribution in [-0.4, -0.2) is 48.3 Å². The molecule has 2 aromatic carbocycles. The zero-order valence-corrected chi connectivity index (χ0v) is 23.1. The molecule has 12 heteroatoms. The molecule has 1 saturated heterocycles. The predicted octanol–water partition coefficient (Wildman–Crippen LogP) is 6.28. The Morgan fingerprint density at radius 1 is 0.977 bits per heavy atom. The molecular weight excluding hydrogens is 565 g/mol. The number of morpholine rings is 1. The van der Waals surface area contributed by atoms with Crippen molar-refractivity contribution in [3.8, 4) is 17.0 Å². The van der Waals surface area contributed by atoms with Crippen molar-refractivity contribution in [3.05, 3.63) is 102 Å². The number of rotatable bonds is 7. The molecule has 0 radical (unpaired) electrons. The summed E-state index contributed by atoms with van der Waals surface area (Å²) in [7, 11) is 0. The molecule has 222 valence electrons. The van der Waals surface area contributed by atoms with Gasteiger partial charge in [-0.15, -0.1) is 0 Å². The lowest BCUT2D eigenvalue weighted by atomic mass is 10.0. The zero-order chi connectivity index (χ0) is 30.4. The maximum absolute atomic E-state index is 13.1. The summed E-state index contributed by atoms with van der Waals surface area (Å²) < 4.78 is 55.6. The number of nitrogens with one attached hydrogen (secondary N) is 1. The summed E-state index contributed by atoms with van der Waals surface area (Å²) in [5.41, 5.74) is 2.40. The van der Waals surface area contributed by atoms with E-state index in [4.69, 9.17) is 14.2 Å². The Bertz CT molecular complexity index is 1610. The third kappa shape index (κ3) is 7.46. The highest BCUT2D eigenvalue weighted by molar-refractivity contribution is 6.04. The number of benzene rings is 2. The molecule has 1 aliphatic rings. The van der Waals surface area contributed by atoms with E-state index in [1.54, 1.807) is 19.1 Å². The van der Waals surface area contributed by atoms with E-state index < -0.39 is 23.8 Å². The van der Waals surface area contributed by atoms with E-state index in [9.17, 15) is 22.8 Å². The number of halogens is 3. The fraction of sp³-hybridized carbons (Fsp3) is 0.226. The molecule has 1 aliphatic heterocycles. The van der Waals surface area contributed by atoms with Gasteiger partial charge in [0.25, 0.3) is 5.91 Å². The van der Waals surface area contributed by atoms with Crippen LogP contribution in [0.15, 0.2) is 79.1 Å². The molecule has 5 rings (SSSR count). The number of alkyl halides is 3. The molecule has 1 amide bonds. The average molecular weight is 593 g/mol. The zero-order valence-electron chi connectivity index (χ0n) is 23.1. The van der Waals surface area contributed by atoms with Crippen LogP contribution >= 0.6 is 0 Å². The first-order valence-electron chi connectivity index (χ1n) is 13.3. The van der Waals surface area contributed by atoms with Gasteiger partial charge in [0.1, 0.15) is 12.3 Å². The predicted molar refractivity (Wildman–Crippen MR) is 152 cm³/mol. The largest absolute Gasteiger partial charge is 0.515 e. The molecule has 43 heavy (non-hydrogen) atoms. The van der Waals surface area contributed by atoms with E-state index >= 15 is 0 Å². The molecule has 0 spiro atoms. The van der Waals surface area contributed by atoms with Gasteiger partial charge in [-0.05, 0) is 42.8 Å². The van der Waals surface area contributed by atoms with Crippen LogP contribution in [0.5, 0.6) is 5.88 Å². The van der Waals surface area contributed by atoms with Crippen molar-refractivity contribution in [2.75, 3.05) is 36.5 Å². The van der Waals surface area contributed by atoms with Crippen molar-refractivity contribution < 1.29 is 37.0 Å². The minimum Gasteiger partial charge on any atom is -0.429 e. The van der Waals surface area contributed by atoms with Crippen LogP contribution < -0.4 is 15.0 Å². The van der Waals surface area contributed by atoms with Gasteiger partial charge in [0.15, 0.2) is 0 Å². The second-order valence-electron chi connectivity index (χ2n) is 9.66. The SMILES string of the molecule is Cc1ncc(NC(=O)c2cccc(C(F)(F)F)c2)cc1-c1cnc(OC(=O)OCc2ccccc2)c(N2CCOCC2)c1. The minimum absolute atomic E-state index is 0.0362. The second kappa shape index (κ2) is 12.9. The number of nitrogens with zero attached hydrogens (tertiary/aromatic N) is 3. The number of carbonyl (C=O) groups is 2. The topological polar surface area (TPSA) is 103 Å². The Balaban J connectivity index is 1.38. The van der Waals surface area contributed by atoms with Gasteiger partial charge in [0, 0.05) is 41.7 Å². The van der Waals surface area contributed by atoms with Crippen LogP contribution in [0.2, 0.25) is 0 Å². The Morgan fingerprint density at radius 2 is 1.74 bits per heavy atom. The fourth-order valence-corrected chi connectivity index (χ4v) is 4.46. The lowest BCUT2D eigenvalue weighted by Crippen LogP contribution is -2.36. The van der Waals surface area contributed by atoms with Crippen LogP contribution in [0, 0.1) is 6.92 Å². The molecular formula is C31H27F3N4O5.